The summed E-state index contributed by atoms with van der Waals surface area (Å²) in [6.45, 7) is 3.57. The summed E-state index contributed by atoms with van der Waals surface area (Å²) in [4.78, 5) is 19.9. The molecule has 0 heterocycles. The highest BCUT2D eigenvalue weighted by atomic mass is 31.1. The topological polar surface area (TPSA) is 74.6 Å². The molecule has 4 nitrogen and oxygen atoms in total. The standard InChI is InChI=1S/C10H13O4P/c1-7-4-3-5-8(15(13)14)10(7,2)6-9(11)12/h3-5,7H,6H2,1-2H3,(H-,11,12,13,14)/p+1. The molecule has 1 aliphatic carbocycles. The van der Waals surface area contributed by atoms with Gasteiger partial charge in [0.25, 0.3) is 0 Å². The second kappa shape index (κ2) is 4.25. The molecule has 0 aromatic heterocycles. The molecule has 5 heteroatoms. The number of allylic oxidation sites excluding steroid dienone is 4. The van der Waals surface area contributed by atoms with Crippen molar-refractivity contribution in [3.8, 4) is 0 Å². The van der Waals surface area contributed by atoms with Crippen molar-refractivity contribution in [2.75, 3.05) is 0 Å². The Morgan fingerprint density at radius 3 is 2.73 bits per heavy atom. The van der Waals surface area contributed by atoms with Crippen molar-refractivity contribution in [3.05, 3.63) is 23.5 Å². The Hall–Kier alpha value is -0.990. The van der Waals surface area contributed by atoms with Gasteiger partial charge in [-0.3, -0.25) is 4.79 Å². The first-order chi connectivity index (χ1) is 6.88. The zero-order chi connectivity index (χ0) is 11.6. The molecule has 1 aliphatic rings. The summed E-state index contributed by atoms with van der Waals surface area (Å²) in [5.41, 5.74) is -0.761. The van der Waals surface area contributed by atoms with Gasteiger partial charge in [0.2, 0.25) is 5.31 Å². The minimum absolute atomic E-state index is 0.0558. The zero-order valence-electron chi connectivity index (χ0n) is 8.67. The summed E-state index contributed by atoms with van der Waals surface area (Å²) in [6, 6.07) is 0. The van der Waals surface area contributed by atoms with Gasteiger partial charge in [0, 0.05) is 0 Å². The largest absolute Gasteiger partial charge is 0.542 e. The maximum atomic E-state index is 11.2. The third-order valence-corrected chi connectivity index (χ3v) is 4.04. The van der Waals surface area contributed by atoms with Crippen molar-refractivity contribution < 1.29 is 19.4 Å². The summed E-state index contributed by atoms with van der Waals surface area (Å²) in [7, 11) is -2.47. The van der Waals surface area contributed by atoms with E-state index in [-0.39, 0.29) is 12.3 Å². The molecule has 0 aromatic rings. The first kappa shape index (κ1) is 12.1. The van der Waals surface area contributed by atoms with Crippen molar-refractivity contribution in [2.45, 2.75) is 20.3 Å². The highest BCUT2D eigenvalue weighted by Crippen LogP contribution is 2.51. The van der Waals surface area contributed by atoms with Crippen LogP contribution in [0.3, 0.4) is 0 Å². The monoisotopic (exact) mass is 229 g/mol. The number of carboxylic acids is 1. The van der Waals surface area contributed by atoms with Crippen molar-refractivity contribution in [1.29, 1.82) is 0 Å². The number of hydrogen-bond acceptors (Lipinski definition) is 2. The van der Waals surface area contributed by atoms with Gasteiger partial charge >= 0.3 is 14.0 Å². The molecule has 0 aromatic carbocycles. The molecule has 0 spiro atoms. The summed E-state index contributed by atoms with van der Waals surface area (Å²) in [5, 5.41) is 9.14. The highest BCUT2D eigenvalue weighted by Gasteiger charge is 2.47. The lowest BCUT2D eigenvalue weighted by molar-refractivity contribution is -0.139. The Morgan fingerprint density at radius 1 is 1.67 bits per heavy atom. The van der Waals surface area contributed by atoms with E-state index in [2.05, 4.69) is 0 Å². The Morgan fingerprint density at radius 2 is 2.27 bits per heavy atom. The van der Waals surface area contributed by atoms with Crippen LogP contribution in [0.5, 0.6) is 0 Å². The minimum atomic E-state index is -2.47. The van der Waals surface area contributed by atoms with Crippen LogP contribution in [-0.2, 0) is 9.36 Å². The predicted molar refractivity (Wildman–Crippen MR) is 56.6 cm³/mol. The molecule has 2 N–H and O–H groups in total. The molecule has 82 valence electrons. The van der Waals surface area contributed by atoms with Crippen LogP contribution < -0.4 is 0 Å². The highest BCUT2D eigenvalue weighted by molar-refractivity contribution is 7.43. The fourth-order valence-corrected chi connectivity index (χ4v) is 2.73. The second-order valence-electron chi connectivity index (χ2n) is 3.99. The van der Waals surface area contributed by atoms with E-state index >= 15 is 0 Å². The summed E-state index contributed by atoms with van der Waals surface area (Å²) >= 11 is 0. The van der Waals surface area contributed by atoms with Crippen molar-refractivity contribution >= 4 is 14.0 Å². The second-order valence-corrected chi connectivity index (χ2v) is 5.01. The van der Waals surface area contributed by atoms with Crippen LogP contribution in [0.15, 0.2) is 23.5 Å². The Kier molecular flexibility index (Phi) is 3.42. The van der Waals surface area contributed by atoms with Gasteiger partial charge in [-0.25, -0.2) is 0 Å². The van der Waals surface area contributed by atoms with E-state index in [1.807, 2.05) is 13.0 Å². The molecule has 3 atom stereocenters. The molecule has 0 fully saturated rings. The number of rotatable bonds is 3. The van der Waals surface area contributed by atoms with E-state index in [0.717, 1.165) is 0 Å². The van der Waals surface area contributed by atoms with Crippen LogP contribution in [0.1, 0.15) is 20.3 Å². The zero-order valence-corrected chi connectivity index (χ0v) is 9.57. The number of hydrogen-bond donors (Lipinski definition) is 2. The van der Waals surface area contributed by atoms with Gasteiger partial charge in [0.05, 0.1) is 11.8 Å². The average Bonchev–Trinajstić information content (AvgIpc) is 2.08. The van der Waals surface area contributed by atoms with Crippen LogP contribution in [0, 0.1) is 11.3 Å². The fourth-order valence-electron chi connectivity index (χ4n) is 1.80. The normalized spacial score (nSPS) is 31.0. The smallest absolute Gasteiger partial charge is 0.481 e. The lowest BCUT2D eigenvalue weighted by Gasteiger charge is -2.30. The first-order valence-electron chi connectivity index (χ1n) is 4.65. The maximum absolute atomic E-state index is 11.2. The number of aliphatic carboxylic acids is 1. The molecule has 0 bridgehead atoms. The molecule has 0 saturated heterocycles. The lowest BCUT2D eigenvalue weighted by atomic mass is 9.73. The van der Waals surface area contributed by atoms with Crippen LogP contribution in [0.2, 0.25) is 0 Å². The summed E-state index contributed by atoms with van der Waals surface area (Å²) in [5.74, 6) is -1.01. The van der Waals surface area contributed by atoms with Gasteiger partial charge in [-0.2, -0.15) is 4.89 Å². The molecule has 1 rings (SSSR count). The van der Waals surface area contributed by atoms with Crippen LogP contribution in [0.4, 0.5) is 0 Å². The van der Waals surface area contributed by atoms with Gasteiger partial charge in [0.15, 0.2) is 0 Å². The lowest BCUT2D eigenvalue weighted by Crippen LogP contribution is -2.30. The van der Waals surface area contributed by atoms with E-state index in [0.29, 0.717) is 5.31 Å². The van der Waals surface area contributed by atoms with E-state index in [1.165, 1.54) is 0 Å². The Balaban J connectivity index is 3.11. The van der Waals surface area contributed by atoms with Crippen LogP contribution in [-0.4, -0.2) is 16.0 Å². The molecular formula is C10H14O4P+. The molecule has 3 unspecified atom stereocenters. The van der Waals surface area contributed by atoms with E-state index in [4.69, 9.17) is 10.00 Å². The van der Waals surface area contributed by atoms with Gasteiger partial charge < -0.3 is 5.11 Å². The minimum Gasteiger partial charge on any atom is -0.481 e. The maximum Gasteiger partial charge on any atom is 0.542 e. The molecular weight excluding hydrogens is 215 g/mol. The third-order valence-electron chi connectivity index (χ3n) is 2.97. The quantitative estimate of drug-likeness (QED) is 0.728. The third kappa shape index (κ3) is 2.33. The summed E-state index contributed by atoms with van der Waals surface area (Å²) < 4.78 is 11.2. The molecule has 0 amide bonds. The van der Waals surface area contributed by atoms with E-state index in [1.54, 1.807) is 19.1 Å². The first-order valence-corrected chi connectivity index (χ1v) is 5.86. The average molecular weight is 229 g/mol. The Labute approximate surface area is 89.2 Å². The van der Waals surface area contributed by atoms with Gasteiger partial charge in [-0.05, 0) is 16.6 Å². The molecule has 0 aliphatic heterocycles. The van der Waals surface area contributed by atoms with Crippen molar-refractivity contribution in [3.63, 3.8) is 0 Å². The number of carbonyl (C=O) groups is 1. The van der Waals surface area contributed by atoms with Crippen molar-refractivity contribution in [2.24, 2.45) is 11.3 Å². The molecule has 15 heavy (non-hydrogen) atoms. The van der Waals surface area contributed by atoms with Crippen LogP contribution in [0.25, 0.3) is 0 Å². The predicted octanol–water partition coefficient (Wildman–Crippen LogP) is 2.29. The van der Waals surface area contributed by atoms with Crippen LogP contribution >= 0.6 is 8.03 Å². The molecule has 0 radical (unpaired) electrons. The van der Waals surface area contributed by atoms with Gasteiger partial charge in [0.1, 0.15) is 0 Å². The SMILES string of the molecule is CC1C=CC=C([P+](=O)O)C1(C)CC(=O)O. The summed E-state index contributed by atoms with van der Waals surface area (Å²) in [6.07, 6.45) is 4.96. The fraction of sp³-hybridized carbons (Fsp3) is 0.500. The van der Waals surface area contributed by atoms with Crippen molar-refractivity contribution in [1.82, 2.24) is 0 Å². The number of carboxylic acid groups (broad SMARTS) is 1. The van der Waals surface area contributed by atoms with Gasteiger partial charge in [-0.1, -0.05) is 26.0 Å². The Bertz CT molecular complexity index is 358. The van der Waals surface area contributed by atoms with E-state index in [9.17, 15) is 9.36 Å². The van der Waals surface area contributed by atoms with Gasteiger partial charge in [-0.15, -0.1) is 0 Å². The molecule has 0 saturated carbocycles. The van der Waals surface area contributed by atoms with E-state index < -0.39 is 19.4 Å².